The molecule has 0 bridgehead atoms. The predicted molar refractivity (Wildman–Crippen MR) is 75.6 cm³/mol. The highest BCUT2D eigenvalue weighted by Crippen LogP contribution is 2.19. The van der Waals surface area contributed by atoms with Crippen molar-refractivity contribution in [2.75, 3.05) is 27.2 Å². The van der Waals surface area contributed by atoms with Crippen molar-refractivity contribution in [2.24, 2.45) is 5.41 Å². The summed E-state index contributed by atoms with van der Waals surface area (Å²) in [4.78, 5) is 2.30. The van der Waals surface area contributed by atoms with Gasteiger partial charge in [0.15, 0.2) is 0 Å². The summed E-state index contributed by atoms with van der Waals surface area (Å²) < 4.78 is 27.2. The Kier molecular flexibility index (Phi) is 4.76. The average Bonchev–Trinajstić information content (AvgIpc) is 2.55. The number of nitrogens with zero attached hydrogens (tertiary/aromatic N) is 2. The van der Waals surface area contributed by atoms with Gasteiger partial charge < -0.3 is 4.90 Å². The third-order valence-corrected chi connectivity index (χ3v) is 4.48. The molecule has 6 nitrogen and oxygen atoms in total. The highest BCUT2D eigenvalue weighted by Gasteiger charge is 2.26. The van der Waals surface area contributed by atoms with Gasteiger partial charge in [0.1, 0.15) is 4.90 Å². The van der Waals surface area contributed by atoms with E-state index in [4.69, 9.17) is 0 Å². The summed E-state index contributed by atoms with van der Waals surface area (Å²) in [6, 6.07) is 0. The van der Waals surface area contributed by atoms with Crippen molar-refractivity contribution in [3.05, 3.63) is 11.4 Å². The van der Waals surface area contributed by atoms with Crippen LogP contribution in [0.2, 0.25) is 0 Å². The highest BCUT2D eigenvalue weighted by molar-refractivity contribution is 7.89. The van der Waals surface area contributed by atoms with E-state index in [-0.39, 0.29) is 10.3 Å². The monoisotopic (exact) mass is 288 g/mol. The molecule has 2 N–H and O–H groups in total. The van der Waals surface area contributed by atoms with Crippen LogP contribution in [0.1, 0.15) is 25.2 Å². The minimum atomic E-state index is -3.51. The maximum absolute atomic E-state index is 12.3. The number of aryl methyl sites for hydroxylation is 2. The second-order valence-corrected chi connectivity index (χ2v) is 7.69. The van der Waals surface area contributed by atoms with E-state index < -0.39 is 10.0 Å². The topological polar surface area (TPSA) is 78.1 Å². The maximum Gasteiger partial charge on any atom is 0.244 e. The first-order chi connectivity index (χ1) is 8.55. The lowest BCUT2D eigenvalue weighted by atomic mass is 9.93. The summed E-state index contributed by atoms with van der Waals surface area (Å²) >= 11 is 0. The van der Waals surface area contributed by atoms with Gasteiger partial charge in [-0.1, -0.05) is 13.8 Å². The molecule has 0 saturated heterocycles. The molecular formula is C12H24N4O2S. The number of aromatic amines is 1. The molecule has 0 amide bonds. The average molecular weight is 288 g/mol. The van der Waals surface area contributed by atoms with Gasteiger partial charge in [0.2, 0.25) is 10.0 Å². The van der Waals surface area contributed by atoms with Crippen LogP contribution in [-0.2, 0) is 10.0 Å². The molecule has 0 aliphatic heterocycles. The molecule has 19 heavy (non-hydrogen) atoms. The van der Waals surface area contributed by atoms with Gasteiger partial charge in [0, 0.05) is 13.1 Å². The zero-order valence-corrected chi connectivity index (χ0v) is 13.3. The van der Waals surface area contributed by atoms with Crippen molar-refractivity contribution in [2.45, 2.75) is 32.6 Å². The molecule has 110 valence electrons. The van der Waals surface area contributed by atoms with E-state index in [0.717, 1.165) is 6.54 Å². The standard InChI is InChI=1S/C12H24N4O2S/c1-9-11(10(2)15-14-9)19(17,18)13-7-12(3,4)8-16(5)6/h13H,7-8H2,1-6H3,(H,14,15). The molecule has 1 aromatic rings. The smallest absolute Gasteiger partial charge is 0.244 e. The second kappa shape index (κ2) is 5.60. The van der Waals surface area contributed by atoms with Crippen LogP contribution in [-0.4, -0.2) is 50.7 Å². The Morgan fingerprint density at radius 3 is 2.32 bits per heavy atom. The fourth-order valence-electron chi connectivity index (χ4n) is 2.21. The number of aromatic nitrogens is 2. The maximum atomic E-state index is 12.3. The van der Waals surface area contributed by atoms with Crippen LogP contribution in [0.3, 0.4) is 0 Å². The van der Waals surface area contributed by atoms with Crippen LogP contribution in [0.5, 0.6) is 0 Å². The van der Waals surface area contributed by atoms with Crippen molar-refractivity contribution >= 4 is 10.0 Å². The summed E-state index contributed by atoms with van der Waals surface area (Å²) in [6.45, 7) is 8.65. The molecule has 0 aromatic carbocycles. The molecule has 1 heterocycles. The van der Waals surface area contributed by atoms with E-state index in [0.29, 0.717) is 17.9 Å². The Balaban J connectivity index is 2.83. The molecule has 0 unspecified atom stereocenters. The SMILES string of the molecule is Cc1n[nH]c(C)c1S(=O)(=O)NCC(C)(C)CN(C)C. The Labute approximate surface area is 115 Å². The van der Waals surface area contributed by atoms with Gasteiger partial charge >= 0.3 is 0 Å². The number of H-pyrrole nitrogens is 1. The van der Waals surface area contributed by atoms with E-state index in [9.17, 15) is 8.42 Å². The lowest BCUT2D eigenvalue weighted by molar-refractivity contribution is 0.242. The van der Waals surface area contributed by atoms with Gasteiger partial charge in [-0.05, 0) is 33.4 Å². The predicted octanol–water partition coefficient (Wildman–Crippen LogP) is 0.893. The summed E-state index contributed by atoms with van der Waals surface area (Å²) in [6.07, 6.45) is 0. The molecule has 0 atom stereocenters. The van der Waals surface area contributed by atoms with E-state index >= 15 is 0 Å². The summed E-state index contributed by atoms with van der Waals surface area (Å²) in [5, 5.41) is 6.62. The molecule has 0 aliphatic rings. The first-order valence-electron chi connectivity index (χ1n) is 6.21. The largest absolute Gasteiger partial charge is 0.309 e. The lowest BCUT2D eigenvalue weighted by Crippen LogP contribution is -2.40. The van der Waals surface area contributed by atoms with Gasteiger partial charge in [-0.2, -0.15) is 5.10 Å². The molecule has 0 spiro atoms. The van der Waals surface area contributed by atoms with Crippen LogP contribution in [0.25, 0.3) is 0 Å². The highest BCUT2D eigenvalue weighted by atomic mass is 32.2. The summed E-state index contributed by atoms with van der Waals surface area (Å²) in [7, 11) is 0.436. The van der Waals surface area contributed by atoms with E-state index in [1.807, 2.05) is 32.8 Å². The van der Waals surface area contributed by atoms with Crippen molar-refractivity contribution in [1.82, 2.24) is 19.8 Å². The third-order valence-electron chi connectivity index (χ3n) is 2.81. The normalized spacial score (nSPS) is 13.2. The van der Waals surface area contributed by atoms with E-state index in [2.05, 4.69) is 14.9 Å². The zero-order chi connectivity index (χ0) is 14.8. The Bertz CT molecular complexity index is 512. The summed E-state index contributed by atoms with van der Waals surface area (Å²) in [5.41, 5.74) is 0.924. The van der Waals surface area contributed by atoms with Crippen molar-refractivity contribution in [1.29, 1.82) is 0 Å². The Morgan fingerprint density at radius 2 is 1.89 bits per heavy atom. The number of hydrogen-bond acceptors (Lipinski definition) is 4. The van der Waals surface area contributed by atoms with E-state index in [1.54, 1.807) is 13.8 Å². The lowest BCUT2D eigenvalue weighted by Gasteiger charge is -2.28. The number of rotatable bonds is 6. The zero-order valence-electron chi connectivity index (χ0n) is 12.5. The Morgan fingerprint density at radius 1 is 1.32 bits per heavy atom. The molecule has 0 fully saturated rings. The first-order valence-corrected chi connectivity index (χ1v) is 7.69. The molecule has 1 rings (SSSR count). The van der Waals surface area contributed by atoms with Crippen molar-refractivity contribution in [3.63, 3.8) is 0 Å². The minimum Gasteiger partial charge on any atom is -0.309 e. The van der Waals surface area contributed by atoms with Gasteiger partial charge in [-0.15, -0.1) is 0 Å². The van der Waals surface area contributed by atoms with Crippen LogP contribution < -0.4 is 4.72 Å². The second-order valence-electron chi connectivity index (χ2n) is 5.99. The van der Waals surface area contributed by atoms with Crippen molar-refractivity contribution < 1.29 is 8.42 Å². The van der Waals surface area contributed by atoms with E-state index in [1.165, 1.54) is 0 Å². The fourth-order valence-corrected chi connectivity index (χ4v) is 3.82. The molecule has 1 aromatic heterocycles. The third kappa shape index (κ3) is 4.29. The number of hydrogen-bond donors (Lipinski definition) is 2. The number of nitrogens with one attached hydrogen (secondary N) is 2. The van der Waals surface area contributed by atoms with Gasteiger partial charge in [-0.25, -0.2) is 13.1 Å². The molecule has 0 aliphatic carbocycles. The Hall–Kier alpha value is -0.920. The van der Waals surface area contributed by atoms with Crippen LogP contribution in [0, 0.1) is 19.3 Å². The van der Waals surface area contributed by atoms with Crippen molar-refractivity contribution in [3.8, 4) is 0 Å². The van der Waals surface area contributed by atoms with Gasteiger partial charge in [0.25, 0.3) is 0 Å². The fraction of sp³-hybridized carbons (Fsp3) is 0.750. The minimum absolute atomic E-state index is 0.137. The van der Waals surface area contributed by atoms with Gasteiger partial charge in [-0.3, -0.25) is 5.10 Å². The molecule has 0 saturated carbocycles. The molecule has 7 heteroatoms. The number of sulfonamides is 1. The van der Waals surface area contributed by atoms with Crippen LogP contribution in [0.15, 0.2) is 4.90 Å². The van der Waals surface area contributed by atoms with Crippen LogP contribution >= 0.6 is 0 Å². The van der Waals surface area contributed by atoms with Crippen LogP contribution in [0.4, 0.5) is 0 Å². The first kappa shape index (κ1) is 16.1. The summed E-state index contributed by atoms with van der Waals surface area (Å²) in [5.74, 6) is 0. The van der Waals surface area contributed by atoms with Gasteiger partial charge in [0.05, 0.1) is 11.4 Å². The quantitative estimate of drug-likeness (QED) is 0.815. The molecular weight excluding hydrogens is 264 g/mol. The molecule has 0 radical (unpaired) electrons.